The van der Waals surface area contributed by atoms with Crippen LogP contribution in [0.15, 0.2) is 54.1 Å². The number of nitrogens with zero attached hydrogens (tertiary/aromatic N) is 2. The van der Waals surface area contributed by atoms with Crippen LogP contribution < -0.4 is 0 Å². The third-order valence-corrected chi connectivity index (χ3v) is 11.9. The van der Waals surface area contributed by atoms with Gasteiger partial charge in [0.1, 0.15) is 6.61 Å². The maximum atomic E-state index is 12.6. The average molecular weight is 551 g/mol. The monoisotopic (exact) mass is 550 g/mol. The number of hydrogen-bond donors (Lipinski definition) is 0. The van der Waals surface area contributed by atoms with Crippen molar-refractivity contribution in [3.05, 3.63) is 59.7 Å². The summed E-state index contributed by atoms with van der Waals surface area (Å²) in [5.74, 6) is 0.512. The van der Waals surface area contributed by atoms with E-state index in [1.807, 2.05) is 39.8 Å². The van der Waals surface area contributed by atoms with Crippen molar-refractivity contribution >= 4 is 26.0 Å². The summed E-state index contributed by atoms with van der Waals surface area (Å²) in [7, 11) is -1.95. The molecule has 0 aromatic heterocycles. The molecule has 0 saturated heterocycles. The zero-order valence-corrected chi connectivity index (χ0v) is 26.6. The summed E-state index contributed by atoms with van der Waals surface area (Å²) < 4.78 is 12.3. The zero-order valence-electron chi connectivity index (χ0n) is 24.9. The molecule has 1 aromatic carbocycles. The van der Waals surface area contributed by atoms with E-state index in [9.17, 15) is 4.79 Å². The average Bonchev–Trinajstić information content (AvgIpc) is 2.80. The largest absolute Gasteiger partial charge is 0.445 e. The minimum atomic E-state index is -1.95. The van der Waals surface area contributed by atoms with E-state index in [0.29, 0.717) is 12.5 Å². The second kappa shape index (κ2) is 15.7. The van der Waals surface area contributed by atoms with E-state index in [4.69, 9.17) is 20.8 Å². The summed E-state index contributed by atoms with van der Waals surface area (Å²) in [5.41, 5.74) is 2.38. The van der Waals surface area contributed by atoms with Gasteiger partial charge in [0.05, 0.1) is 12.6 Å². The van der Waals surface area contributed by atoms with E-state index in [1.165, 1.54) is 5.56 Å². The van der Waals surface area contributed by atoms with Gasteiger partial charge in [-0.1, -0.05) is 68.8 Å². The Morgan fingerprint density at radius 1 is 1.08 bits per heavy atom. The van der Waals surface area contributed by atoms with Crippen LogP contribution in [0.4, 0.5) is 4.79 Å². The first-order chi connectivity index (χ1) is 17.2. The fourth-order valence-electron chi connectivity index (χ4n) is 3.68. The molecule has 0 aliphatic heterocycles. The Morgan fingerprint density at radius 2 is 1.68 bits per heavy atom. The molecule has 0 aliphatic rings. The van der Waals surface area contributed by atoms with Gasteiger partial charge in [0.25, 0.3) is 0 Å². The van der Waals surface area contributed by atoms with Crippen LogP contribution >= 0.6 is 11.6 Å². The quantitative estimate of drug-likeness (QED) is 0.134. The maximum absolute atomic E-state index is 12.6. The summed E-state index contributed by atoms with van der Waals surface area (Å²) in [5, 5.41) is 0.118. The molecule has 0 heterocycles. The number of ether oxygens (including phenoxy) is 1. The normalized spacial score (nSPS) is 14.2. The predicted molar refractivity (Wildman–Crippen MR) is 161 cm³/mol. The zero-order chi connectivity index (χ0) is 28.2. The van der Waals surface area contributed by atoms with E-state index in [1.54, 1.807) is 4.90 Å². The molecule has 1 atom stereocenters. The number of benzene rings is 1. The summed E-state index contributed by atoms with van der Waals surface area (Å²) in [6, 6.07) is 10.6. The Balaban J connectivity index is 3.16. The minimum Gasteiger partial charge on any atom is -0.445 e. The minimum absolute atomic E-state index is 0.0127. The number of hydrogen-bond acceptors (Lipinski definition) is 4. The standard InChI is InChI=1S/C30H51ClN2O3Si/c1-24(2)33(25(3)4)29(34)35-20-14-17-28(23-36-37(9,10)30(6,7)8)32(19-18-26(5)21-31)22-27-15-12-11-13-16-27/h11-18,24-25,28H,19-23H2,1-10H3/b17-14+,26-18+. The van der Waals surface area contributed by atoms with Crippen molar-refractivity contribution in [3.8, 4) is 0 Å². The van der Waals surface area contributed by atoms with Gasteiger partial charge in [0.2, 0.25) is 0 Å². The van der Waals surface area contributed by atoms with Crippen molar-refractivity contribution in [1.29, 1.82) is 0 Å². The van der Waals surface area contributed by atoms with Crippen molar-refractivity contribution in [2.45, 2.75) is 98.2 Å². The van der Waals surface area contributed by atoms with Crippen molar-refractivity contribution in [1.82, 2.24) is 9.80 Å². The van der Waals surface area contributed by atoms with Crippen LogP contribution in [0.5, 0.6) is 0 Å². The predicted octanol–water partition coefficient (Wildman–Crippen LogP) is 7.88. The molecule has 1 amide bonds. The van der Waals surface area contributed by atoms with E-state index in [-0.39, 0.29) is 35.9 Å². The first-order valence-electron chi connectivity index (χ1n) is 13.4. The lowest BCUT2D eigenvalue weighted by atomic mass is 10.1. The number of amides is 1. The molecular formula is C30H51ClN2O3Si. The summed E-state index contributed by atoms with van der Waals surface area (Å²) in [6.07, 6.45) is 5.98. The van der Waals surface area contributed by atoms with Crippen molar-refractivity contribution < 1.29 is 14.0 Å². The lowest BCUT2D eigenvalue weighted by Gasteiger charge is -2.38. The van der Waals surface area contributed by atoms with Crippen LogP contribution in [0.2, 0.25) is 18.1 Å². The van der Waals surface area contributed by atoms with E-state index in [2.05, 4.69) is 82.1 Å². The Morgan fingerprint density at radius 3 is 2.19 bits per heavy atom. The fourth-order valence-corrected chi connectivity index (χ4v) is 4.81. The van der Waals surface area contributed by atoms with Gasteiger partial charge in [-0.3, -0.25) is 4.90 Å². The van der Waals surface area contributed by atoms with Crippen LogP contribution in [0.3, 0.4) is 0 Å². The van der Waals surface area contributed by atoms with E-state index < -0.39 is 8.32 Å². The highest BCUT2D eigenvalue weighted by Gasteiger charge is 2.37. The molecule has 210 valence electrons. The van der Waals surface area contributed by atoms with Crippen LogP contribution in [-0.2, 0) is 15.7 Å². The van der Waals surface area contributed by atoms with Crippen LogP contribution in [-0.4, -0.2) is 68.0 Å². The molecule has 37 heavy (non-hydrogen) atoms. The second-order valence-electron chi connectivity index (χ2n) is 11.8. The number of alkyl halides is 1. The van der Waals surface area contributed by atoms with Crippen LogP contribution in [0.25, 0.3) is 0 Å². The lowest BCUT2D eigenvalue weighted by Crippen LogP contribution is -2.46. The van der Waals surface area contributed by atoms with Gasteiger partial charge in [-0.25, -0.2) is 4.79 Å². The van der Waals surface area contributed by atoms with Crippen molar-refractivity contribution in [2.24, 2.45) is 0 Å². The van der Waals surface area contributed by atoms with Crippen LogP contribution in [0.1, 0.15) is 61.0 Å². The molecule has 0 aliphatic carbocycles. The first-order valence-corrected chi connectivity index (χ1v) is 16.9. The fraction of sp³-hybridized carbons (Fsp3) is 0.633. The molecule has 7 heteroatoms. The summed E-state index contributed by atoms with van der Waals surface area (Å²) in [4.78, 5) is 16.8. The number of halogens is 1. The van der Waals surface area contributed by atoms with E-state index >= 15 is 0 Å². The molecule has 0 N–H and O–H groups in total. The smallest absolute Gasteiger partial charge is 0.410 e. The molecule has 1 unspecified atom stereocenters. The molecule has 0 spiro atoms. The van der Waals surface area contributed by atoms with Gasteiger partial charge in [-0.05, 0) is 64.4 Å². The van der Waals surface area contributed by atoms with Gasteiger partial charge in [-0.2, -0.15) is 0 Å². The lowest BCUT2D eigenvalue weighted by molar-refractivity contribution is 0.0873. The highest BCUT2D eigenvalue weighted by molar-refractivity contribution is 6.74. The van der Waals surface area contributed by atoms with Crippen molar-refractivity contribution in [2.75, 3.05) is 25.6 Å². The third-order valence-electron chi connectivity index (χ3n) is 6.99. The summed E-state index contributed by atoms with van der Waals surface area (Å²) >= 11 is 6.08. The number of carbonyl (C=O) groups is 1. The van der Waals surface area contributed by atoms with Crippen LogP contribution in [0, 0.1) is 0 Å². The molecule has 0 radical (unpaired) electrons. The Kier molecular flexibility index (Phi) is 14.2. The molecular weight excluding hydrogens is 500 g/mol. The highest BCUT2D eigenvalue weighted by atomic mass is 35.5. The maximum Gasteiger partial charge on any atom is 0.410 e. The molecule has 0 saturated carbocycles. The van der Waals surface area contributed by atoms with Gasteiger partial charge < -0.3 is 14.1 Å². The van der Waals surface area contributed by atoms with Gasteiger partial charge in [0.15, 0.2) is 8.32 Å². The van der Waals surface area contributed by atoms with E-state index in [0.717, 1.165) is 18.7 Å². The molecule has 1 aromatic rings. The molecule has 0 fully saturated rings. The topological polar surface area (TPSA) is 42.0 Å². The third kappa shape index (κ3) is 11.8. The van der Waals surface area contributed by atoms with Gasteiger partial charge in [-0.15, -0.1) is 11.6 Å². The van der Waals surface area contributed by atoms with Crippen molar-refractivity contribution in [3.63, 3.8) is 0 Å². The Labute approximate surface area is 233 Å². The first kappa shape index (κ1) is 33.4. The number of carbonyl (C=O) groups excluding carboxylic acids is 1. The molecule has 0 bridgehead atoms. The van der Waals surface area contributed by atoms with Gasteiger partial charge in [0, 0.05) is 31.1 Å². The molecule has 5 nitrogen and oxygen atoms in total. The summed E-state index contributed by atoms with van der Waals surface area (Å²) in [6.45, 7) is 23.7. The Bertz CT molecular complexity index is 855. The highest BCUT2D eigenvalue weighted by Crippen LogP contribution is 2.36. The Hall–Kier alpha value is -1.60. The van der Waals surface area contributed by atoms with Gasteiger partial charge >= 0.3 is 6.09 Å². The SMILES string of the molecule is C/C(=C\CN(Cc1ccccc1)C(/C=C/COC(=O)N(C(C)C)C(C)C)CO[Si](C)(C)C(C)(C)C)CCl. The number of rotatable bonds is 14. The second-order valence-corrected chi connectivity index (χ2v) is 16.9. The molecule has 1 rings (SSSR count). The number of allylic oxidation sites excluding steroid dienone is 1.